The van der Waals surface area contributed by atoms with Crippen LogP contribution in [0.3, 0.4) is 0 Å². The van der Waals surface area contributed by atoms with Crippen LogP contribution in [0, 0.1) is 5.92 Å². The molecule has 0 aromatic rings. The average Bonchev–Trinajstić information content (AvgIpc) is 2.47. The largest absolute Gasteiger partial charge is 0.464 e. The van der Waals surface area contributed by atoms with E-state index in [2.05, 4.69) is 12.2 Å². The van der Waals surface area contributed by atoms with Crippen LogP contribution < -0.4 is 5.32 Å². The van der Waals surface area contributed by atoms with Crippen molar-refractivity contribution in [2.24, 2.45) is 5.92 Å². The van der Waals surface area contributed by atoms with Crippen molar-refractivity contribution in [2.75, 3.05) is 39.3 Å². The van der Waals surface area contributed by atoms with Crippen molar-refractivity contribution in [3.8, 4) is 0 Å². The zero-order chi connectivity index (χ0) is 14.5. The summed E-state index contributed by atoms with van der Waals surface area (Å²) in [5, 5.41) is 3.16. The van der Waals surface area contributed by atoms with Gasteiger partial charge in [0.15, 0.2) is 0 Å². The number of nitrogens with zero attached hydrogens (tertiary/aromatic N) is 2. The highest BCUT2D eigenvalue weighted by molar-refractivity contribution is 5.84. The number of carbonyl (C=O) groups is 2. The molecule has 0 bridgehead atoms. The molecular formula is C14H25N3O3. The van der Waals surface area contributed by atoms with Gasteiger partial charge in [0.05, 0.1) is 6.61 Å². The molecular weight excluding hydrogens is 258 g/mol. The van der Waals surface area contributed by atoms with E-state index in [9.17, 15) is 9.59 Å². The van der Waals surface area contributed by atoms with Crippen molar-refractivity contribution in [1.29, 1.82) is 0 Å². The Hall–Kier alpha value is -1.30. The maximum absolute atomic E-state index is 12.6. The molecule has 0 aromatic carbocycles. The number of piperidine rings is 1. The number of urea groups is 1. The lowest BCUT2D eigenvalue weighted by atomic mass is 9.99. The van der Waals surface area contributed by atoms with Crippen LogP contribution in [0.25, 0.3) is 0 Å². The summed E-state index contributed by atoms with van der Waals surface area (Å²) >= 11 is 0. The van der Waals surface area contributed by atoms with Gasteiger partial charge in [0.25, 0.3) is 0 Å². The Balaban J connectivity index is 1.99. The van der Waals surface area contributed by atoms with Crippen LogP contribution in [0.5, 0.6) is 0 Å². The third-order valence-electron chi connectivity index (χ3n) is 4.10. The van der Waals surface area contributed by atoms with Crippen LogP contribution in [0.2, 0.25) is 0 Å². The number of likely N-dealkylation sites (tertiary alicyclic amines) is 1. The van der Waals surface area contributed by atoms with Gasteiger partial charge in [-0.1, -0.05) is 6.92 Å². The van der Waals surface area contributed by atoms with Crippen molar-refractivity contribution in [1.82, 2.24) is 15.1 Å². The number of ether oxygens (including phenoxy) is 1. The Morgan fingerprint density at radius 2 is 1.95 bits per heavy atom. The molecule has 0 aliphatic carbocycles. The smallest absolute Gasteiger partial charge is 0.330 e. The maximum Gasteiger partial charge on any atom is 0.330 e. The van der Waals surface area contributed by atoms with Crippen LogP contribution >= 0.6 is 0 Å². The molecule has 0 spiro atoms. The summed E-state index contributed by atoms with van der Waals surface area (Å²) in [5.41, 5.74) is 0. The standard InChI is InChI=1S/C14H25N3O3/c1-3-20-13(18)12-10-15-6-9-17(12)14(19)16-7-4-11(2)5-8-16/h11-12,15H,3-10H2,1-2H3. The van der Waals surface area contributed by atoms with Crippen LogP contribution in [0.15, 0.2) is 0 Å². The molecule has 0 radical (unpaired) electrons. The van der Waals surface area contributed by atoms with Gasteiger partial charge in [-0.2, -0.15) is 0 Å². The number of nitrogens with one attached hydrogen (secondary N) is 1. The van der Waals surface area contributed by atoms with Gasteiger partial charge >= 0.3 is 12.0 Å². The quantitative estimate of drug-likeness (QED) is 0.757. The topological polar surface area (TPSA) is 61.9 Å². The zero-order valence-corrected chi connectivity index (χ0v) is 12.4. The first-order valence-electron chi connectivity index (χ1n) is 7.56. The molecule has 0 saturated carbocycles. The molecule has 6 heteroatoms. The second-order valence-electron chi connectivity index (χ2n) is 5.62. The third kappa shape index (κ3) is 3.42. The van der Waals surface area contributed by atoms with Gasteiger partial charge in [-0.3, -0.25) is 0 Å². The molecule has 2 fully saturated rings. The van der Waals surface area contributed by atoms with Gasteiger partial charge < -0.3 is 19.9 Å². The molecule has 2 aliphatic heterocycles. The number of amides is 2. The number of hydrogen-bond donors (Lipinski definition) is 1. The summed E-state index contributed by atoms with van der Waals surface area (Å²) in [7, 11) is 0. The minimum absolute atomic E-state index is 0.0172. The monoisotopic (exact) mass is 283 g/mol. The highest BCUT2D eigenvalue weighted by Gasteiger charge is 2.36. The first kappa shape index (κ1) is 15.1. The Bertz CT molecular complexity index is 354. The van der Waals surface area contributed by atoms with E-state index in [0.717, 1.165) is 32.5 Å². The molecule has 2 saturated heterocycles. The molecule has 1 unspecified atom stereocenters. The van der Waals surface area contributed by atoms with Crippen LogP contribution in [0.4, 0.5) is 4.79 Å². The fraction of sp³-hybridized carbons (Fsp3) is 0.857. The molecule has 2 amide bonds. The van der Waals surface area contributed by atoms with Gasteiger partial charge in [-0.05, 0) is 25.7 Å². The van der Waals surface area contributed by atoms with E-state index in [4.69, 9.17) is 4.74 Å². The Morgan fingerprint density at radius 3 is 2.60 bits per heavy atom. The van der Waals surface area contributed by atoms with Crippen molar-refractivity contribution in [3.63, 3.8) is 0 Å². The average molecular weight is 283 g/mol. The predicted molar refractivity (Wildman–Crippen MR) is 75.4 cm³/mol. The van der Waals surface area contributed by atoms with E-state index < -0.39 is 6.04 Å². The summed E-state index contributed by atoms with van der Waals surface area (Å²) in [6.07, 6.45) is 2.09. The SMILES string of the molecule is CCOC(=O)C1CNCCN1C(=O)N1CCC(C)CC1. The summed E-state index contributed by atoms with van der Waals surface area (Å²) in [4.78, 5) is 28.1. The second kappa shape index (κ2) is 6.92. The van der Waals surface area contributed by atoms with Gasteiger partial charge in [0.2, 0.25) is 0 Å². The highest BCUT2D eigenvalue weighted by Crippen LogP contribution is 2.19. The van der Waals surface area contributed by atoms with Crippen molar-refractivity contribution < 1.29 is 14.3 Å². The number of rotatable bonds is 2. The first-order valence-corrected chi connectivity index (χ1v) is 7.56. The third-order valence-corrected chi connectivity index (χ3v) is 4.10. The summed E-state index contributed by atoms with van der Waals surface area (Å²) in [6, 6.07) is -0.507. The van der Waals surface area contributed by atoms with Crippen LogP contribution in [0.1, 0.15) is 26.7 Å². The van der Waals surface area contributed by atoms with E-state index in [0.29, 0.717) is 25.6 Å². The summed E-state index contributed by atoms with van der Waals surface area (Å²) in [6.45, 7) is 7.70. The number of carbonyl (C=O) groups excluding carboxylic acids is 2. The van der Waals surface area contributed by atoms with Crippen LogP contribution in [-0.4, -0.2) is 67.2 Å². The van der Waals surface area contributed by atoms with E-state index in [-0.39, 0.29) is 12.0 Å². The first-order chi connectivity index (χ1) is 9.63. The molecule has 6 nitrogen and oxygen atoms in total. The summed E-state index contributed by atoms with van der Waals surface area (Å²) in [5.74, 6) is 0.376. The minimum atomic E-state index is -0.490. The Morgan fingerprint density at radius 1 is 1.25 bits per heavy atom. The summed E-state index contributed by atoms with van der Waals surface area (Å²) < 4.78 is 5.07. The lowest BCUT2D eigenvalue weighted by Gasteiger charge is -2.39. The maximum atomic E-state index is 12.6. The Kier molecular flexibility index (Phi) is 5.23. The molecule has 1 N–H and O–H groups in total. The van der Waals surface area contributed by atoms with E-state index in [1.165, 1.54) is 0 Å². The minimum Gasteiger partial charge on any atom is -0.464 e. The van der Waals surface area contributed by atoms with Crippen molar-refractivity contribution >= 4 is 12.0 Å². The molecule has 1 atom stereocenters. The molecule has 2 aliphatic rings. The molecule has 2 heterocycles. The molecule has 20 heavy (non-hydrogen) atoms. The van der Waals surface area contributed by atoms with Gasteiger partial charge in [0.1, 0.15) is 6.04 Å². The van der Waals surface area contributed by atoms with Gasteiger partial charge in [0, 0.05) is 32.7 Å². The zero-order valence-electron chi connectivity index (χ0n) is 12.4. The second-order valence-corrected chi connectivity index (χ2v) is 5.62. The van der Waals surface area contributed by atoms with Crippen LogP contribution in [-0.2, 0) is 9.53 Å². The highest BCUT2D eigenvalue weighted by atomic mass is 16.5. The molecule has 2 rings (SSSR count). The predicted octanol–water partition coefficient (Wildman–Crippen LogP) is 0.675. The van der Waals surface area contributed by atoms with Gasteiger partial charge in [-0.25, -0.2) is 9.59 Å². The van der Waals surface area contributed by atoms with Gasteiger partial charge in [-0.15, -0.1) is 0 Å². The van der Waals surface area contributed by atoms with E-state index in [1.54, 1.807) is 11.8 Å². The van der Waals surface area contributed by atoms with E-state index >= 15 is 0 Å². The fourth-order valence-electron chi connectivity index (χ4n) is 2.76. The van der Waals surface area contributed by atoms with E-state index in [1.807, 2.05) is 4.90 Å². The lowest BCUT2D eigenvalue weighted by molar-refractivity contribution is -0.149. The Labute approximate surface area is 120 Å². The molecule has 0 aromatic heterocycles. The van der Waals surface area contributed by atoms with Crippen molar-refractivity contribution in [3.05, 3.63) is 0 Å². The number of esters is 1. The number of hydrogen-bond acceptors (Lipinski definition) is 4. The van der Waals surface area contributed by atoms with Crippen molar-refractivity contribution in [2.45, 2.75) is 32.7 Å². The fourth-order valence-corrected chi connectivity index (χ4v) is 2.76. The number of piperazine rings is 1. The molecule has 114 valence electrons. The normalized spacial score (nSPS) is 24.6. The lowest BCUT2D eigenvalue weighted by Crippen LogP contribution is -2.60.